The van der Waals surface area contributed by atoms with Crippen LogP contribution >= 0.6 is 27.3 Å². The fourth-order valence-corrected chi connectivity index (χ4v) is 4.07. The highest BCUT2D eigenvalue weighted by atomic mass is 79.9. The van der Waals surface area contributed by atoms with Crippen molar-refractivity contribution in [2.75, 3.05) is 11.6 Å². The van der Waals surface area contributed by atoms with Crippen LogP contribution in [-0.2, 0) is 9.84 Å². The molecule has 0 atom stereocenters. The standard InChI is InChI=1S/C15H11BrN2O3S2/c1-23(20,21)11-4-2-3-9(7-11)14(19)18-15-17-12-6-5-10(16)8-13(12)22-15/h2-8H,1H3,(H,17,18,19). The topological polar surface area (TPSA) is 76.1 Å². The molecule has 0 unspecified atom stereocenters. The van der Waals surface area contributed by atoms with Gasteiger partial charge in [0, 0.05) is 16.3 Å². The Morgan fingerprint density at radius 2 is 2.00 bits per heavy atom. The highest BCUT2D eigenvalue weighted by Crippen LogP contribution is 2.28. The Labute approximate surface area is 145 Å². The Morgan fingerprint density at radius 1 is 1.22 bits per heavy atom. The number of anilines is 1. The van der Waals surface area contributed by atoms with Crippen LogP contribution in [-0.4, -0.2) is 25.6 Å². The van der Waals surface area contributed by atoms with Crippen molar-refractivity contribution in [1.82, 2.24) is 4.98 Å². The number of nitrogens with one attached hydrogen (secondary N) is 1. The quantitative estimate of drug-likeness (QED) is 0.713. The van der Waals surface area contributed by atoms with Gasteiger partial charge in [0.05, 0.1) is 15.1 Å². The molecule has 1 N–H and O–H groups in total. The van der Waals surface area contributed by atoms with Gasteiger partial charge in [0.15, 0.2) is 15.0 Å². The Bertz CT molecular complexity index is 1010. The average molecular weight is 411 g/mol. The van der Waals surface area contributed by atoms with Gasteiger partial charge in [0.25, 0.3) is 5.91 Å². The van der Waals surface area contributed by atoms with Gasteiger partial charge in [0.1, 0.15) is 0 Å². The molecule has 1 aromatic heterocycles. The van der Waals surface area contributed by atoms with E-state index in [1.807, 2.05) is 18.2 Å². The highest BCUT2D eigenvalue weighted by molar-refractivity contribution is 9.10. The summed E-state index contributed by atoms with van der Waals surface area (Å²) < 4.78 is 25.0. The maximum Gasteiger partial charge on any atom is 0.257 e. The molecule has 0 spiro atoms. The summed E-state index contributed by atoms with van der Waals surface area (Å²) in [4.78, 5) is 16.7. The summed E-state index contributed by atoms with van der Waals surface area (Å²) in [6.45, 7) is 0. The van der Waals surface area contributed by atoms with Crippen LogP contribution in [0.4, 0.5) is 5.13 Å². The summed E-state index contributed by atoms with van der Waals surface area (Å²) in [5.41, 5.74) is 1.06. The van der Waals surface area contributed by atoms with E-state index in [4.69, 9.17) is 0 Å². The minimum Gasteiger partial charge on any atom is -0.298 e. The molecule has 8 heteroatoms. The van der Waals surface area contributed by atoms with Gasteiger partial charge in [-0.15, -0.1) is 0 Å². The van der Waals surface area contributed by atoms with Crippen molar-refractivity contribution >= 4 is 58.4 Å². The molecule has 0 fully saturated rings. The Balaban J connectivity index is 1.88. The molecule has 3 rings (SSSR count). The third-order valence-electron chi connectivity index (χ3n) is 3.10. The highest BCUT2D eigenvalue weighted by Gasteiger charge is 2.13. The Morgan fingerprint density at radius 3 is 2.74 bits per heavy atom. The van der Waals surface area contributed by atoms with Gasteiger partial charge >= 0.3 is 0 Å². The van der Waals surface area contributed by atoms with E-state index in [1.54, 1.807) is 12.1 Å². The van der Waals surface area contributed by atoms with E-state index in [1.165, 1.54) is 23.5 Å². The first-order chi connectivity index (χ1) is 10.8. The minimum atomic E-state index is -3.36. The Kier molecular flexibility index (Phi) is 4.22. The average Bonchev–Trinajstić information content (AvgIpc) is 2.87. The number of fused-ring (bicyclic) bond motifs is 1. The van der Waals surface area contributed by atoms with Crippen LogP contribution in [0.2, 0.25) is 0 Å². The lowest BCUT2D eigenvalue weighted by atomic mass is 10.2. The van der Waals surface area contributed by atoms with E-state index in [9.17, 15) is 13.2 Å². The van der Waals surface area contributed by atoms with Crippen molar-refractivity contribution in [2.45, 2.75) is 4.90 Å². The zero-order valence-corrected chi connectivity index (χ0v) is 15.1. The molecule has 5 nitrogen and oxygen atoms in total. The number of nitrogens with zero attached hydrogens (tertiary/aromatic N) is 1. The van der Waals surface area contributed by atoms with E-state index in [2.05, 4.69) is 26.2 Å². The number of carbonyl (C=O) groups is 1. The predicted octanol–water partition coefficient (Wildman–Crippen LogP) is 3.71. The zero-order chi connectivity index (χ0) is 16.6. The first kappa shape index (κ1) is 16.1. The number of halogens is 1. The molecule has 0 saturated carbocycles. The van der Waals surface area contributed by atoms with Crippen molar-refractivity contribution in [1.29, 1.82) is 0 Å². The number of hydrogen-bond donors (Lipinski definition) is 1. The van der Waals surface area contributed by atoms with Crippen LogP contribution in [0.1, 0.15) is 10.4 Å². The summed E-state index contributed by atoms with van der Waals surface area (Å²) in [5.74, 6) is -0.395. The monoisotopic (exact) mass is 410 g/mol. The summed E-state index contributed by atoms with van der Waals surface area (Å²) in [6.07, 6.45) is 1.11. The van der Waals surface area contributed by atoms with Gasteiger partial charge < -0.3 is 0 Å². The second-order valence-electron chi connectivity index (χ2n) is 4.89. The van der Waals surface area contributed by atoms with Gasteiger partial charge in [0.2, 0.25) is 0 Å². The van der Waals surface area contributed by atoms with Crippen molar-refractivity contribution in [2.24, 2.45) is 0 Å². The van der Waals surface area contributed by atoms with Crippen LogP contribution in [0.25, 0.3) is 10.2 Å². The number of aromatic nitrogens is 1. The van der Waals surface area contributed by atoms with Crippen molar-refractivity contribution in [3.63, 3.8) is 0 Å². The molecular formula is C15H11BrN2O3S2. The lowest BCUT2D eigenvalue weighted by Gasteiger charge is -2.03. The van der Waals surface area contributed by atoms with Crippen LogP contribution in [0.3, 0.4) is 0 Å². The summed E-state index contributed by atoms with van der Waals surface area (Å²) in [5, 5.41) is 3.17. The molecule has 0 saturated heterocycles. The molecule has 0 aliphatic heterocycles. The number of thiazole rings is 1. The van der Waals surface area contributed by atoms with E-state index < -0.39 is 15.7 Å². The van der Waals surface area contributed by atoms with Crippen molar-refractivity contribution in [3.05, 3.63) is 52.5 Å². The number of hydrogen-bond acceptors (Lipinski definition) is 5. The SMILES string of the molecule is CS(=O)(=O)c1cccc(C(=O)Nc2nc3ccc(Br)cc3s2)c1. The smallest absolute Gasteiger partial charge is 0.257 e. The van der Waals surface area contributed by atoms with Crippen LogP contribution < -0.4 is 5.32 Å². The number of amides is 1. The maximum absolute atomic E-state index is 12.3. The van der Waals surface area contributed by atoms with Crippen LogP contribution in [0.5, 0.6) is 0 Å². The zero-order valence-electron chi connectivity index (χ0n) is 11.9. The van der Waals surface area contributed by atoms with E-state index in [0.717, 1.165) is 20.9 Å². The molecule has 1 amide bonds. The molecule has 0 aliphatic rings. The van der Waals surface area contributed by atoms with E-state index in [-0.39, 0.29) is 10.5 Å². The molecular weight excluding hydrogens is 400 g/mol. The minimum absolute atomic E-state index is 0.110. The number of carbonyl (C=O) groups excluding carboxylic acids is 1. The summed E-state index contributed by atoms with van der Waals surface area (Å²) in [7, 11) is -3.36. The van der Waals surface area contributed by atoms with Gasteiger partial charge in [-0.25, -0.2) is 13.4 Å². The van der Waals surface area contributed by atoms with Gasteiger partial charge in [-0.1, -0.05) is 33.3 Å². The maximum atomic E-state index is 12.3. The van der Waals surface area contributed by atoms with E-state index in [0.29, 0.717) is 5.13 Å². The molecule has 0 aliphatic carbocycles. The fraction of sp³-hybridized carbons (Fsp3) is 0.0667. The molecule has 0 bridgehead atoms. The Hall–Kier alpha value is -1.77. The fourth-order valence-electron chi connectivity index (χ4n) is 1.99. The normalized spacial score (nSPS) is 11.6. The number of rotatable bonds is 3. The van der Waals surface area contributed by atoms with E-state index >= 15 is 0 Å². The van der Waals surface area contributed by atoms with Crippen molar-refractivity contribution in [3.8, 4) is 0 Å². The molecule has 3 aromatic rings. The second kappa shape index (κ2) is 6.03. The molecule has 23 heavy (non-hydrogen) atoms. The lowest BCUT2D eigenvalue weighted by Crippen LogP contribution is -2.12. The predicted molar refractivity (Wildman–Crippen MR) is 94.8 cm³/mol. The number of sulfone groups is 1. The van der Waals surface area contributed by atoms with Gasteiger partial charge in [-0.2, -0.15) is 0 Å². The lowest BCUT2D eigenvalue weighted by molar-refractivity contribution is 0.102. The first-order valence-electron chi connectivity index (χ1n) is 6.50. The van der Waals surface area contributed by atoms with Gasteiger partial charge in [-0.3, -0.25) is 10.1 Å². The van der Waals surface area contributed by atoms with Crippen molar-refractivity contribution < 1.29 is 13.2 Å². The third kappa shape index (κ3) is 3.60. The third-order valence-corrected chi connectivity index (χ3v) is 5.63. The largest absolute Gasteiger partial charge is 0.298 e. The molecule has 118 valence electrons. The number of benzene rings is 2. The molecule has 0 radical (unpaired) electrons. The summed E-state index contributed by atoms with van der Waals surface area (Å²) >= 11 is 4.74. The molecule has 1 heterocycles. The van der Waals surface area contributed by atoms with Crippen LogP contribution in [0.15, 0.2) is 51.8 Å². The van der Waals surface area contributed by atoms with Crippen LogP contribution in [0, 0.1) is 0 Å². The second-order valence-corrected chi connectivity index (χ2v) is 8.85. The summed E-state index contributed by atoms with van der Waals surface area (Å²) in [6, 6.07) is 11.6. The van der Waals surface area contributed by atoms with Gasteiger partial charge in [-0.05, 0) is 36.4 Å². The molecule has 2 aromatic carbocycles. The first-order valence-corrected chi connectivity index (χ1v) is 10.0.